The van der Waals surface area contributed by atoms with Crippen molar-refractivity contribution in [3.8, 4) is 11.4 Å². The predicted molar refractivity (Wildman–Crippen MR) is 126 cm³/mol. The minimum atomic E-state index is -0.526. The molecule has 1 aromatic carbocycles. The van der Waals surface area contributed by atoms with Crippen LogP contribution in [-0.2, 0) is 4.79 Å². The van der Waals surface area contributed by atoms with Crippen molar-refractivity contribution in [2.24, 2.45) is 0 Å². The lowest BCUT2D eigenvalue weighted by Gasteiger charge is -2.30. The smallest absolute Gasteiger partial charge is 0.281 e. The van der Waals surface area contributed by atoms with Crippen molar-refractivity contribution in [2.75, 3.05) is 18.2 Å². The Bertz CT molecular complexity index is 1110. The first-order valence-corrected chi connectivity index (χ1v) is 12.0. The Morgan fingerprint density at radius 2 is 1.85 bits per heavy atom. The van der Waals surface area contributed by atoms with Gasteiger partial charge in [-0.1, -0.05) is 23.1 Å². The molecule has 0 bridgehead atoms. The van der Waals surface area contributed by atoms with Crippen molar-refractivity contribution in [3.63, 3.8) is 0 Å². The fourth-order valence-electron chi connectivity index (χ4n) is 3.24. The van der Waals surface area contributed by atoms with E-state index in [0.717, 1.165) is 0 Å². The van der Waals surface area contributed by atoms with Crippen LogP contribution < -0.4 is 10.1 Å². The lowest BCUT2D eigenvalue weighted by Crippen LogP contribution is -2.43. The van der Waals surface area contributed by atoms with Crippen LogP contribution in [0.25, 0.3) is 5.69 Å². The van der Waals surface area contributed by atoms with E-state index in [-0.39, 0.29) is 46.1 Å². The number of anilines is 1. The molecule has 33 heavy (non-hydrogen) atoms. The van der Waals surface area contributed by atoms with E-state index in [2.05, 4.69) is 20.6 Å². The number of methoxy groups -OCH3 is 1. The van der Waals surface area contributed by atoms with Gasteiger partial charge in [0.25, 0.3) is 5.91 Å². The molecule has 3 aromatic rings. The van der Waals surface area contributed by atoms with Crippen molar-refractivity contribution in [1.29, 1.82) is 0 Å². The summed E-state index contributed by atoms with van der Waals surface area (Å²) < 4.78 is 20.4. The molecular formula is C21H25FN6O3S2. The number of ether oxygens (including phenoxy) is 1. The van der Waals surface area contributed by atoms with Crippen LogP contribution in [0.15, 0.2) is 34.8 Å². The van der Waals surface area contributed by atoms with Crippen molar-refractivity contribution in [1.82, 2.24) is 24.9 Å². The molecule has 2 heterocycles. The number of carbonyl (C=O) groups excluding carboxylic acids is 2. The number of nitrogens with zero attached hydrogens (tertiary/aromatic N) is 5. The third-order valence-electron chi connectivity index (χ3n) is 4.55. The van der Waals surface area contributed by atoms with Gasteiger partial charge in [0.1, 0.15) is 5.82 Å². The molecule has 176 valence electrons. The summed E-state index contributed by atoms with van der Waals surface area (Å²) in [7, 11) is 1.43. The molecule has 9 nitrogen and oxygen atoms in total. The van der Waals surface area contributed by atoms with Gasteiger partial charge in [-0.05, 0) is 52.0 Å². The minimum Gasteiger partial charge on any atom is -0.493 e. The molecule has 2 amide bonds. The Hall–Kier alpha value is -2.99. The van der Waals surface area contributed by atoms with Crippen LogP contribution in [0.3, 0.4) is 0 Å². The van der Waals surface area contributed by atoms with Gasteiger partial charge in [-0.15, -0.1) is 10.2 Å². The third-order valence-corrected chi connectivity index (χ3v) is 6.51. The number of aromatic nitrogens is 4. The second-order valence-corrected chi connectivity index (χ2v) is 9.77. The maximum Gasteiger partial charge on any atom is 0.281 e. The summed E-state index contributed by atoms with van der Waals surface area (Å²) >= 11 is 2.44. The molecule has 3 rings (SSSR count). The number of nitrogens with one attached hydrogen (secondary N) is 1. The van der Waals surface area contributed by atoms with E-state index in [9.17, 15) is 14.0 Å². The van der Waals surface area contributed by atoms with Gasteiger partial charge in [0.15, 0.2) is 15.8 Å². The molecule has 0 radical (unpaired) electrons. The molecular weight excluding hydrogens is 467 g/mol. The lowest BCUT2D eigenvalue weighted by molar-refractivity contribution is -0.131. The highest BCUT2D eigenvalue weighted by atomic mass is 32.2. The lowest BCUT2D eigenvalue weighted by atomic mass is 10.2. The molecule has 2 aromatic heterocycles. The fraction of sp³-hybridized carbons (Fsp3) is 0.381. The number of halogens is 1. The van der Waals surface area contributed by atoms with Crippen LogP contribution in [-0.4, -0.2) is 61.6 Å². The van der Waals surface area contributed by atoms with Gasteiger partial charge in [-0.2, -0.15) is 5.10 Å². The largest absolute Gasteiger partial charge is 0.493 e. The van der Waals surface area contributed by atoms with Crippen molar-refractivity contribution < 1.29 is 18.7 Å². The molecule has 12 heteroatoms. The Morgan fingerprint density at radius 3 is 2.45 bits per heavy atom. The highest BCUT2D eigenvalue weighted by molar-refractivity contribution is 8.01. The number of rotatable bonds is 9. The van der Waals surface area contributed by atoms with Crippen molar-refractivity contribution in [2.45, 2.75) is 44.1 Å². The Morgan fingerprint density at radius 1 is 1.18 bits per heavy atom. The van der Waals surface area contributed by atoms with Crippen LogP contribution in [0.5, 0.6) is 5.75 Å². The van der Waals surface area contributed by atoms with E-state index in [4.69, 9.17) is 4.74 Å². The highest BCUT2D eigenvalue weighted by Crippen LogP contribution is 2.27. The van der Waals surface area contributed by atoms with Gasteiger partial charge in [-0.25, -0.2) is 9.07 Å². The Labute approximate surface area is 199 Å². The van der Waals surface area contributed by atoms with Crippen LogP contribution >= 0.6 is 23.1 Å². The number of amides is 2. The standard InChI is InChI=1S/C21H25FN6O3S2/c1-12(2)28(13(3)4)17(29)11-32-21-25-24-20(33-21)23-19(30)18-16(31-5)10-27(26-18)15-8-6-14(22)7-9-15/h6-10,12-13H,11H2,1-5H3,(H,23,24,30). The maximum atomic E-state index is 13.2. The van der Waals surface area contributed by atoms with E-state index < -0.39 is 5.91 Å². The second-order valence-electron chi connectivity index (χ2n) is 7.57. The summed E-state index contributed by atoms with van der Waals surface area (Å²) in [4.78, 5) is 27.1. The number of hydrogen-bond acceptors (Lipinski definition) is 8. The zero-order valence-electron chi connectivity index (χ0n) is 18.9. The van der Waals surface area contributed by atoms with Gasteiger partial charge >= 0.3 is 0 Å². The summed E-state index contributed by atoms with van der Waals surface area (Å²) in [5.41, 5.74) is 0.621. The van der Waals surface area contributed by atoms with E-state index in [1.807, 2.05) is 32.6 Å². The van der Waals surface area contributed by atoms with Crippen molar-refractivity contribution >= 4 is 40.0 Å². The van der Waals surface area contributed by atoms with E-state index in [1.165, 1.54) is 53.2 Å². The quantitative estimate of drug-likeness (QED) is 0.357. The molecule has 0 saturated carbocycles. The van der Waals surface area contributed by atoms with Gasteiger partial charge in [0.05, 0.1) is 24.7 Å². The molecule has 1 N–H and O–H groups in total. The average molecular weight is 493 g/mol. The normalized spacial score (nSPS) is 11.2. The highest BCUT2D eigenvalue weighted by Gasteiger charge is 2.22. The summed E-state index contributed by atoms with van der Waals surface area (Å²) in [6, 6.07) is 5.89. The topological polar surface area (TPSA) is 102 Å². The summed E-state index contributed by atoms with van der Waals surface area (Å²) in [6.07, 6.45) is 1.53. The zero-order valence-corrected chi connectivity index (χ0v) is 20.5. The monoisotopic (exact) mass is 492 g/mol. The predicted octanol–water partition coefficient (Wildman–Crippen LogP) is 3.86. The first-order chi connectivity index (χ1) is 15.7. The number of benzene rings is 1. The van der Waals surface area contributed by atoms with Gasteiger partial charge in [-0.3, -0.25) is 14.9 Å². The second kappa shape index (κ2) is 10.8. The van der Waals surface area contributed by atoms with Crippen LogP contribution in [0.4, 0.5) is 9.52 Å². The first kappa shape index (κ1) is 24.6. The fourth-order valence-corrected chi connectivity index (χ4v) is 4.85. The number of thioether (sulfide) groups is 1. The molecule has 0 aliphatic rings. The number of hydrogen-bond donors (Lipinski definition) is 1. The first-order valence-electron chi connectivity index (χ1n) is 10.2. The Balaban J connectivity index is 1.66. The molecule has 0 aliphatic carbocycles. The Kier molecular flexibility index (Phi) is 8.03. The third kappa shape index (κ3) is 6.08. The SMILES string of the molecule is COc1cn(-c2ccc(F)cc2)nc1C(=O)Nc1nnc(SCC(=O)N(C(C)C)C(C)C)s1. The van der Waals surface area contributed by atoms with Crippen LogP contribution in [0.1, 0.15) is 38.2 Å². The van der Waals surface area contributed by atoms with E-state index >= 15 is 0 Å². The van der Waals surface area contributed by atoms with E-state index in [1.54, 1.807) is 12.1 Å². The van der Waals surface area contributed by atoms with E-state index in [0.29, 0.717) is 10.0 Å². The molecule has 0 fully saturated rings. The number of carbonyl (C=O) groups is 2. The van der Waals surface area contributed by atoms with Crippen LogP contribution in [0, 0.1) is 5.82 Å². The van der Waals surface area contributed by atoms with Gasteiger partial charge < -0.3 is 9.64 Å². The van der Waals surface area contributed by atoms with Gasteiger partial charge in [0.2, 0.25) is 11.0 Å². The maximum absolute atomic E-state index is 13.2. The average Bonchev–Trinajstić information content (AvgIpc) is 3.39. The molecule has 0 atom stereocenters. The molecule has 0 unspecified atom stereocenters. The summed E-state index contributed by atoms with van der Waals surface area (Å²) in [5, 5.41) is 15.2. The summed E-state index contributed by atoms with van der Waals surface area (Å²) in [5.74, 6) is -0.397. The van der Waals surface area contributed by atoms with Gasteiger partial charge in [0, 0.05) is 12.1 Å². The van der Waals surface area contributed by atoms with Crippen molar-refractivity contribution in [3.05, 3.63) is 42.0 Å². The molecule has 0 aliphatic heterocycles. The molecule has 0 spiro atoms. The zero-order chi connectivity index (χ0) is 24.1. The van der Waals surface area contributed by atoms with Crippen LogP contribution in [0.2, 0.25) is 0 Å². The minimum absolute atomic E-state index is 0.0156. The summed E-state index contributed by atoms with van der Waals surface area (Å²) in [6.45, 7) is 7.92. The molecule has 0 saturated heterocycles.